The molecule has 9 nitrogen and oxygen atoms in total. The molecule has 3 aromatic rings. The van der Waals surface area contributed by atoms with Crippen molar-refractivity contribution in [1.29, 1.82) is 0 Å². The van der Waals surface area contributed by atoms with E-state index in [0.717, 1.165) is 42.6 Å². The minimum Gasteiger partial charge on any atom is -0.361 e. The number of fused-ring (bicyclic) bond motifs is 2. The van der Waals surface area contributed by atoms with Crippen LogP contribution < -0.4 is 15.5 Å². The van der Waals surface area contributed by atoms with Crippen molar-refractivity contribution in [3.63, 3.8) is 0 Å². The number of nitrogens with zero attached hydrogens (tertiary/aromatic N) is 4. The maximum absolute atomic E-state index is 13.4. The quantitative estimate of drug-likeness (QED) is 0.405. The third kappa shape index (κ3) is 5.28. The minimum atomic E-state index is -4.57. The lowest BCUT2D eigenvalue weighted by molar-refractivity contribution is -0.137. The Balaban J connectivity index is 1.38. The molecule has 2 aromatic carbocycles. The standard InChI is InChI=1S/C29H28ClF3N6O3S/c1-16-24-25(17(2)42-28(24)10-12-34-13-11-28)38(15-23(40)35-22-9-6-19(14-21(22)30)29(31,32)33)27-36-26(37-39(16)27)18-4-7-20(8-5-18)43(3)41/h4-9,14,17,34H,1,10-13,15H2,2-3H3,(H,35,40). The summed E-state index contributed by atoms with van der Waals surface area (Å²) in [6.07, 6.45) is -1.98. The second-order valence-electron chi connectivity index (χ2n) is 10.7. The number of ether oxygens (including phenoxy) is 1. The predicted molar refractivity (Wildman–Crippen MR) is 158 cm³/mol. The van der Waals surface area contributed by atoms with E-state index in [0.29, 0.717) is 40.8 Å². The van der Waals surface area contributed by atoms with Crippen LogP contribution in [0.15, 0.2) is 65.2 Å². The van der Waals surface area contributed by atoms with Gasteiger partial charge in [-0.2, -0.15) is 22.8 Å². The molecule has 43 heavy (non-hydrogen) atoms. The zero-order chi connectivity index (χ0) is 30.7. The van der Waals surface area contributed by atoms with Gasteiger partial charge in [0.1, 0.15) is 12.1 Å². The van der Waals surface area contributed by atoms with Gasteiger partial charge in [-0.15, -0.1) is 5.10 Å². The first kappa shape index (κ1) is 29.5. The van der Waals surface area contributed by atoms with Crippen LogP contribution in [0.5, 0.6) is 0 Å². The first-order valence-corrected chi connectivity index (χ1v) is 15.5. The molecule has 3 aliphatic rings. The van der Waals surface area contributed by atoms with Gasteiger partial charge in [-0.05, 0) is 75.3 Å². The minimum absolute atomic E-state index is 0.0522. The summed E-state index contributed by atoms with van der Waals surface area (Å²) in [6.45, 7) is 7.53. The first-order chi connectivity index (χ1) is 20.4. The van der Waals surface area contributed by atoms with Gasteiger partial charge in [-0.25, -0.2) is 0 Å². The average molecular weight is 633 g/mol. The molecule has 0 bridgehead atoms. The van der Waals surface area contributed by atoms with E-state index in [4.69, 9.17) is 26.4 Å². The number of nitrogens with one attached hydrogen (secondary N) is 2. The Morgan fingerprint density at radius 2 is 1.93 bits per heavy atom. The number of carbonyl (C=O) groups excluding carboxylic acids is 1. The Labute approximate surface area is 253 Å². The van der Waals surface area contributed by atoms with Crippen molar-refractivity contribution in [2.45, 2.75) is 42.5 Å². The van der Waals surface area contributed by atoms with E-state index in [1.807, 2.05) is 6.92 Å². The number of carbonyl (C=O) groups is 1. The summed E-state index contributed by atoms with van der Waals surface area (Å²) >= 11 is 6.11. The van der Waals surface area contributed by atoms with Gasteiger partial charge in [0, 0.05) is 33.1 Å². The van der Waals surface area contributed by atoms with Crippen LogP contribution in [0.25, 0.3) is 17.1 Å². The molecule has 3 aliphatic heterocycles. The van der Waals surface area contributed by atoms with Gasteiger partial charge in [0.05, 0.1) is 33.8 Å². The number of hydrogen-bond acceptors (Lipinski definition) is 7. The first-order valence-electron chi connectivity index (χ1n) is 13.6. The van der Waals surface area contributed by atoms with Crippen molar-refractivity contribution in [3.8, 4) is 11.4 Å². The molecule has 1 saturated heterocycles. The fourth-order valence-electron chi connectivity index (χ4n) is 5.93. The number of piperidine rings is 1. The summed E-state index contributed by atoms with van der Waals surface area (Å²) in [5, 5.41) is 10.5. The van der Waals surface area contributed by atoms with Gasteiger partial charge < -0.3 is 20.3 Å². The van der Waals surface area contributed by atoms with Crippen LogP contribution in [0, 0.1) is 0 Å². The van der Waals surface area contributed by atoms with Crippen molar-refractivity contribution >= 4 is 45.6 Å². The number of rotatable bonds is 5. The average Bonchev–Trinajstić information content (AvgIpc) is 3.52. The maximum Gasteiger partial charge on any atom is 0.416 e. The molecule has 0 radical (unpaired) electrons. The van der Waals surface area contributed by atoms with E-state index < -0.39 is 40.2 Å². The van der Waals surface area contributed by atoms with Crippen molar-refractivity contribution < 1.29 is 26.9 Å². The van der Waals surface area contributed by atoms with Crippen molar-refractivity contribution in [3.05, 3.63) is 70.9 Å². The Morgan fingerprint density at radius 1 is 1.23 bits per heavy atom. The molecule has 1 spiro atoms. The lowest BCUT2D eigenvalue weighted by atomic mass is 9.82. The molecule has 6 rings (SSSR count). The third-order valence-electron chi connectivity index (χ3n) is 7.89. The van der Waals surface area contributed by atoms with E-state index in [1.54, 1.807) is 40.1 Å². The van der Waals surface area contributed by atoms with Gasteiger partial charge in [-0.3, -0.25) is 9.00 Å². The van der Waals surface area contributed by atoms with E-state index in [-0.39, 0.29) is 17.3 Å². The molecule has 1 fully saturated rings. The highest BCUT2D eigenvalue weighted by Gasteiger charge is 2.52. The van der Waals surface area contributed by atoms with Crippen molar-refractivity contribution in [2.24, 2.45) is 0 Å². The van der Waals surface area contributed by atoms with Crippen molar-refractivity contribution in [1.82, 2.24) is 20.1 Å². The van der Waals surface area contributed by atoms with Gasteiger partial charge in [0.15, 0.2) is 5.82 Å². The van der Waals surface area contributed by atoms with E-state index >= 15 is 0 Å². The number of aromatic nitrogens is 3. The molecular formula is C29H28ClF3N6O3S. The lowest BCUT2D eigenvalue weighted by Gasteiger charge is -2.38. The van der Waals surface area contributed by atoms with Crippen LogP contribution in [0.3, 0.4) is 0 Å². The molecule has 1 amide bonds. The van der Waals surface area contributed by atoms with Gasteiger partial charge in [-0.1, -0.05) is 18.2 Å². The molecule has 1 aromatic heterocycles. The Kier molecular flexibility index (Phi) is 7.48. The molecule has 226 valence electrons. The van der Waals surface area contributed by atoms with Crippen LogP contribution >= 0.6 is 11.6 Å². The van der Waals surface area contributed by atoms with Gasteiger partial charge in [0.2, 0.25) is 11.9 Å². The number of amides is 1. The lowest BCUT2D eigenvalue weighted by Crippen LogP contribution is -2.45. The fourth-order valence-corrected chi connectivity index (χ4v) is 6.67. The van der Waals surface area contributed by atoms with Gasteiger partial charge >= 0.3 is 6.18 Å². The van der Waals surface area contributed by atoms with Crippen LogP contribution in [0.4, 0.5) is 24.8 Å². The summed E-state index contributed by atoms with van der Waals surface area (Å²) in [4.78, 5) is 20.6. The fraction of sp³-hybridized carbons (Fsp3) is 0.345. The van der Waals surface area contributed by atoms with Crippen LogP contribution in [0.2, 0.25) is 5.02 Å². The zero-order valence-corrected chi connectivity index (χ0v) is 24.9. The molecule has 2 N–H and O–H groups in total. The second-order valence-corrected chi connectivity index (χ2v) is 12.5. The molecule has 2 unspecified atom stereocenters. The summed E-state index contributed by atoms with van der Waals surface area (Å²) in [5.74, 6) is 0.206. The molecule has 0 aliphatic carbocycles. The smallest absolute Gasteiger partial charge is 0.361 e. The SMILES string of the molecule is C=C1C2=C(C(C)OC23CCNCC3)N(CC(=O)Nc2ccc(C(F)(F)F)cc2Cl)c2nc(-c3ccc(S(C)=O)cc3)nn21. The largest absolute Gasteiger partial charge is 0.416 e. The number of alkyl halides is 3. The Bertz CT molecular complexity index is 1680. The third-order valence-corrected chi connectivity index (χ3v) is 9.14. The van der Waals surface area contributed by atoms with Crippen LogP contribution in [0.1, 0.15) is 25.3 Å². The normalized spacial score (nSPS) is 20.3. The summed E-state index contributed by atoms with van der Waals surface area (Å²) < 4.78 is 59.4. The number of benzene rings is 2. The monoisotopic (exact) mass is 632 g/mol. The van der Waals surface area contributed by atoms with E-state index in [2.05, 4.69) is 17.2 Å². The van der Waals surface area contributed by atoms with E-state index in [9.17, 15) is 22.2 Å². The van der Waals surface area contributed by atoms with E-state index in [1.165, 1.54) is 0 Å². The number of anilines is 2. The number of halogens is 4. The number of hydrogen-bond donors (Lipinski definition) is 2. The summed E-state index contributed by atoms with van der Waals surface area (Å²) in [5.41, 5.74) is 1.39. The highest BCUT2D eigenvalue weighted by Crippen LogP contribution is 2.51. The van der Waals surface area contributed by atoms with Crippen molar-refractivity contribution in [2.75, 3.05) is 36.1 Å². The second kappa shape index (κ2) is 10.9. The van der Waals surface area contributed by atoms with Crippen LogP contribution in [-0.2, 0) is 26.5 Å². The topological polar surface area (TPSA) is 101 Å². The molecule has 14 heteroatoms. The zero-order valence-electron chi connectivity index (χ0n) is 23.3. The maximum atomic E-state index is 13.4. The molecule has 2 atom stereocenters. The summed E-state index contributed by atoms with van der Waals surface area (Å²) in [7, 11) is -1.15. The predicted octanol–water partition coefficient (Wildman–Crippen LogP) is 5.08. The summed E-state index contributed by atoms with van der Waals surface area (Å²) in [6, 6.07) is 9.83. The van der Waals surface area contributed by atoms with Crippen LogP contribution in [-0.4, -0.2) is 62.5 Å². The highest BCUT2D eigenvalue weighted by molar-refractivity contribution is 7.84. The molecular weight excluding hydrogens is 605 g/mol. The Morgan fingerprint density at radius 3 is 2.56 bits per heavy atom. The van der Waals surface area contributed by atoms with Gasteiger partial charge in [0.25, 0.3) is 0 Å². The molecule has 0 saturated carbocycles. The molecule has 4 heterocycles. The highest BCUT2D eigenvalue weighted by atomic mass is 35.5. The Hall–Kier alpha value is -3.52.